The van der Waals surface area contributed by atoms with E-state index < -0.39 is 0 Å². The number of hydrogen-bond donors (Lipinski definition) is 2. The van der Waals surface area contributed by atoms with Gasteiger partial charge in [-0.05, 0) is 57.9 Å². The molecule has 0 bridgehead atoms. The van der Waals surface area contributed by atoms with E-state index in [1.807, 2.05) is 30.4 Å². The highest BCUT2D eigenvalue weighted by atomic mass is 35.5. The van der Waals surface area contributed by atoms with Crippen molar-refractivity contribution in [1.29, 1.82) is 0 Å². The van der Waals surface area contributed by atoms with Gasteiger partial charge in [-0.15, -0.1) is 21.5 Å². The lowest BCUT2D eigenvalue weighted by Crippen LogP contribution is -2.07. The van der Waals surface area contributed by atoms with E-state index in [4.69, 9.17) is 27.1 Å². The van der Waals surface area contributed by atoms with E-state index in [0.29, 0.717) is 0 Å². The molecule has 1 amide bonds. The summed E-state index contributed by atoms with van der Waals surface area (Å²) >= 11 is 8.02. The summed E-state index contributed by atoms with van der Waals surface area (Å²) < 4.78 is 2.25. The summed E-state index contributed by atoms with van der Waals surface area (Å²) in [6, 6.07) is 8.07. The molecule has 2 aromatic heterocycles. The van der Waals surface area contributed by atoms with Crippen LogP contribution in [0.3, 0.4) is 0 Å². The first-order chi connectivity index (χ1) is 18.4. The fourth-order valence-corrected chi connectivity index (χ4v) is 6.25. The Morgan fingerprint density at radius 1 is 0.947 bits per heavy atom. The third-order valence-corrected chi connectivity index (χ3v) is 8.48. The first-order valence-corrected chi connectivity index (χ1v) is 14.8. The number of carbonyl (C=O) groups excluding carboxylic acids is 1. The van der Waals surface area contributed by atoms with Gasteiger partial charge in [0.25, 0.3) is 0 Å². The molecule has 0 unspecified atom stereocenters. The molecule has 3 heterocycles. The fraction of sp³-hybridized carbons (Fsp3) is 0.517. The molecular formula is C29H41ClN6OS. The highest BCUT2D eigenvalue weighted by molar-refractivity contribution is 7.15. The highest BCUT2D eigenvalue weighted by Gasteiger charge is 2.31. The van der Waals surface area contributed by atoms with Gasteiger partial charge in [0.1, 0.15) is 16.9 Å². The van der Waals surface area contributed by atoms with Crippen LogP contribution in [0, 0.1) is 20.8 Å². The first kappa shape index (κ1) is 30.0. The Bertz CT molecular complexity index is 1200. The Morgan fingerprint density at radius 3 is 2.13 bits per heavy atom. The van der Waals surface area contributed by atoms with Crippen LogP contribution in [0.2, 0.25) is 5.02 Å². The van der Waals surface area contributed by atoms with Gasteiger partial charge in [0.05, 0.1) is 5.71 Å². The number of halogens is 1. The maximum Gasteiger partial charge on any atom is 0.204 e. The van der Waals surface area contributed by atoms with Crippen LogP contribution in [0.25, 0.3) is 5.00 Å². The molecule has 0 aliphatic carbocycles. The van der Waals surface area contributed by atoms with E-state index in [9.17, 15) is 0 Å². The molecule has 9 heteroatoms. The monoisotopic (exact) mass is 556 g/mol. The van der Waals surface area contributed by atoms with Gasteiger partial charge >= 0.3 is 0 Å². The molecule has 7 nitrogen and oxygen atoms in total. The van der Waals surface area contributed by atoms with Crippen molar-refractivity contribution in [2.45, 2.75) is 91.0 Å². The number of carbonyl (C=O) groups is 1. The van der Waals surface area contributed by atoms with Gasteiger partial charge in [-0.25, -0.2) is 0 Å². The molecule has 38 heavy (non-hydrogen) atoms. The number of benzene rings is 1. The number of primary amides is 1. The van der Waals surface area contributed by atoms with Gasteiger partial charge in [-0.3, -0.25) is 14.4 Å². The van der Waals surface area contributed by atoms with Crippen molar-refractivity contribution in [2.24, 2.45) is 16.5 Å². The molecule has 0 saturated heterocycles. The van der Waals surface area contributed by atoms with Crippen LogP contribution in [-0.2, 0) is 4.79 Å². The summed E-state index contributed by atoms with van der Waals surface area (Å²) in [7, 11) is 0. The van der Waals surface area contributed by atoms with E-state index in [1.54, 1.807) is 0 Å². The van der Waals surface area contributed by atoms with Crippen molar-refractivity contribution in [3.63, 3.8) is 0 Å². The SMILES string of the molecule is Cc1sc2c(c1C)C(c1ccc(Cl)cc1)=N[C@@H](CCCCCCCCCCCN)c1nnc(C)n1-2.NC=O. The summed E-state index contributed by atoms with van der Waals surface area (Å²) in [5.41, 5.74) is 14.4. The molecule has 4 rings (SSSR count). The zero-order valence-electron chi connectivity index (χ0n) is 22.9. The van der Waals surface area contributed by atoms with Crippen LogP contribution < -0.4 is 11.5 Å². The molecule has 0 fully saturated rings. The van der Waals surface area contributed by atoms with Gasteiger partial charge in [0, 0.05) is 21.0 Å². The van der Waals surface area contributed by atoms with Crippen LogP contribution >= 0.6 is 22.9 Å². The Morgan fingerprint density at radius 2 is 1.53 bits per heavy atom. The Kier molecular flexibility index (Phi) is 12.0. The smallest absolute Gasteiger partial charge is 0.204 e. The van der Waals surface area contributed by atoms with Crippen LogP contribution in [0.15, 0.2) is 29.3 Å². The number of nitrogens with zero attached hydrogens (tertiary/aromatic N) is 4. The summed E-state index contributed by atoms with van der Waals surface area (Å²) in [4.78, 5) is 15.3. The predicted molar refractivity (Wildman–Crippen MR) is 159 cm³/mol. The van der Waals surface area contributed by atoms with E-state index in [2.05, 4.69) is 46.5 Å². The van der Waals surface area contributed by atoms with Crippen molar-refractivity contribution in [3.05, 3.63) is 62.5 Å². The molecule has 1 aromatic carbocycles. The van der Waals surface area contributed by atoms with Gasteiger partial charge in [-0.2, -0.15) is 0 Å². The third-order valence-electron chi connectivity index (χ3n) is 7.04. The van der Waals surface area contributed by atoms with Gasteiger partial charge in [-0.1, -0.05) is 75.1 Å². The van der Waals surface area contributed by atoms with Crippen molar-refractivity contribution in [3.8, 4) is 5.00 Å². The van der Waals surface area contributed by atoms with E-state index in [-0.39, 0.29) is 12.5 Å². The normalized spacial score (nSPS) is 14.1. The number of thiophene rings is 1. The lowest BCUT2D eigenvalue weighted by Gasteiger charge is -2.13. The number of aromatic nitrogens is 3. The van der Waals surface area contributed by atoms with Gasteiger partial charge in [0.2, 0.25) is 6.41 Å². The number of aryl methyl sites for hydroxylation is 2. The quantitative estimate of drug-likeness (QED) is 0.189. The Labute approximate surface area is 235 Å². The lowest BCUT2D eigenvalue weighted by molar-refractivity contribution is -0.106. The van der Waals surface area contributed by atoms with E-state index in [0.717, 1.165) is 53.8 Å². The molecule has 1 aliphatic rings. The molecule has 206 valence electrons. The molecule has 1 aliphatic heterocycles. The minimum Gasteiger partial charge on any atom is -0.372 e. The largest absolute Gasteiger partial charge is 0.372 e. The maximum atomic E-state index is 8.58. The molecular weight excluding hydrogens is 516 g/mol. The second-order valence-electron chi connectivity index (χ2n) is 9.80. The van der Waals surface area contributed by atoms with Crippen molar-refractivity contribution in [1.82, 2.24) is 14.8 Å². The minimum absolute atomic E-state index is 0.00236. The average molecular weight is 557 g/mol. The zero-order chi connectivity index (χ0) is 27.5. The van der Waals surface area contributed by atoms with Gasteiger partial charge < -0.3 is 11.5 Å². The number of hydrogen-bond acceptors (Lipinski definition) is 6. The summed E-state index contributed by atoms with van der Waals surface area (Å²) in [5, 5.41) is 11.0. The number of unbranched alkanes of at least 4 members (excludes halogenated alkanes) is 8. The van der Waals surface area contributed by atoms with E-state index >= 15 is 0 Å². The molecule has 4 N–H and O–H groups in total. The molecule has 1 atom stereocenters. The molecule has 0 radical (unpaired) electrons. The van der Waals surface area contributed by atoms with Crippen LogP contribution in [-0.4, -0.2) is 33.4 Å². The summed E-state index contributed by atoms with van der Waals surface area (Å²) in [5.74, 6) is 1.89. The standard InChI is InChI=1S/C28H38ClN5S.CH3NO/c1-19-20(2)35-28-25(19)26(22-14-16-23(29)17-15-22)31-24(27-33-32-21(3)34(27)28)13-11-9-7-5-4-6-8-10-12-18-30;2-1-3/h14-17,24H,4-13,18,30H2,1-3H3;1H,(H2,2,3)/t24-;/m0./s1. The van der Waals surface area contributed by atoms with Crippen molar-refractivity contribution >= 4 is 35.1 Å². The zero-order valence-corrected chi connectivity index (χ0v) is 24.5. The summed E-state index contributed by atoms with van der Waals surface area (Å²) in [6.07, 6.45) is 12.6. The maximum absolute atomic E-state index is 8.58. The number of amides is 1. The fourth-order valence-electron chi connectivity index (χ4n) is 4.91. The Balaban J connectivity index is 0.00000127. The van der Waals surface area contributed by atoms with Gasteiger partial charge in [0.15, 0.2) is 5.82 Å². The first-order valence-electron chi connectivity index (χ1n) is 13.6. The molecule has 0 spiro atoms. The number of aliphatic imine (C=N–C) groups is 1. The molecule has 0 saturated carbocycles. The molecule has 3 aromatic rings. The Hall–Kier alpha value is -2.55. The number of nitrogens with two attached hydrogens (primary N) is 2. The average Bonchev–Trinajstić information content (AvgIpc) is 3.37. The van der Waals surface area contributed by atoms with Crippen LogP contribution in [0.4, 0.5) is 0 Å². The van der Waals surface area contributed by atoms with Crippen LogP contribution in [0.1, 0.15) is 103 Å². The second kappa shape index (κ2) is 15.1. The number of rotatable bonds is 12. The minimum atomic E-state index is -0.00236. The third kappa shape index (κ3) is 7.52. The highest BCUT2D eigenvalue weighted by Crippen LogP contribution is 2.40. The topological polar surface area (TPSA) is 112 Å². The van der Waals surface area contributed by atoms with E-state index in [1.165, 1.54) is 66.0 Å². The lowest BCUT2D eigenvalue weighted by atomic mass is 9.99. The van der Waals surface area contributed by atoms with Crippen molar-refractivity contribution < 1.29 is 4.79 Å². The predicted octanol–water partition coefficient (Wildman–Crippen LogP) is 6.76. The van der Waals surface area contributed by atoms with Crippen molar-refractivity contribution in [2.75, 3.05) is 6.54 Å². The number of fused-ring (bicyclic) bond motifs is 3. The van der Waals surface area contributed by atoms with Crippen LogP contribution in [0.5, 0.6) is 0 Å². The second-order valence-corrected chi connectivity index (χ2v) is 11.4. The summed E-state index contributed by atoms with van der Waals surface area (Å²) in [6.45, 7) is 7.25.